The lowest BCUT2D eigenvalue weighted by Crippen LogP contribution is -2.47. The number of nitrogens with zero attached hydrogens (tertiary/aromatic N) is 3. The first-order valence-electron chi connectivity index (χ1n) is 10.4. The van der Waals surface area contributed by atoms with Gasteiger partial charge in [-0.15, -0.1) is 0 Å². The van der Waals surface area contributed by atoms with Crippen LogP contribution in [0.4, 0.5) is 0 Å². The molecule has 0 radical (unpaired) electrons. The van der Waals surface area contributed by atoms with E-state index in [1.54, 1.807) is 4.68 Å². The summed E-state index contributed by atoms with van der Waals surface area (Å²) in [6.07, 6.45) is 1.39. The van der Waals surface area contributed by atoms with Gasteiger partial charge in [-0.3, -0.25) is 4.79 Å². The molecule has 2 aliphatic rings. The number of aryl methyl sites for hydroxylation is 1. The van der Waals surface area contributed by atoms with Crippen LogP contribution >= 0.6 is 0 Å². The Bertz CT molecular complexity index is 1030. The Kier molecular flexibility index (Phi) is 4.89. The fourth-order valence-corrected chi connectivity index (χ4v) is 4.16. The summed E-state index contributed by atoms with van der Waals surface area (Å²) >= 11 is 0. The summed E-state index contributed by atoms with van der Waals surface area (Å²) in [4.78, 5) is 15.4. The number of rotatable bonds is 3. The van der Waals surface area contributed by atoms with Gasteiger partial charge in [0, 0.05) is 31.5 Å². The highest BCUT2D eigenvalue weighted by atomic mass is 16.7. The number of benzene rings is 2. The zero-order valence-corrected chi connectivity index (χ0v) is 17.1. The van der Waals surface area contributed by atoms with E-state index in [4.69, 9.17) is 14.6 Å². The number of aromatic nitrogens is 2. The molecule has 3 heterocycles. The molecule has 30 heavy (non-hydrogen) atoms. The van der Waals surface area contributed by atoms with E-state index in [-0.39, 0.29) is 5.91 Å². The Hall–Kier alpha value is -2.96. The van der Waals surface area contributed by atoms with Gasteiger partial charge in [-0.1, -0.05) is 48.0 Å². The molecule has 0 aliphatic carbocycles. The van der Waals surface area contributed by atoms with Crippen molar-refractivity contribution >= 4 is 5.91 Å². The van der Waals surface area contributed by atoms with Gasteiger partial charge in [0.2, 0.25) is 0 Å². The maximum Gasteiger partial charge on any atom is 0.272 e. The average molecular weight is 403 g/mol. The monoisotopic (exact) mass is 403 g/mol. The van der Waals surface area contributed by atoms with Gasteiger partial charge in [0.25, 0.3) is 5.91 Å². The molecule has 2 saturated heterocycles. The topological polar surface area (TPSA) is 56.6 Å². The van der Waals surface area contributed by atoms with E-state index in [0.29, 0.717) is 44.8 Å². The molecule has 6 nitrogen and oxygen atoms in total. The second-order valence-electron chi connectivity index (χ2n) is 7.93. The van der Waals surface area contributed by atoms with Gasteiger partial charge in [-0.05, 0) is 25.1 Å². The second kappa shape index (κ2) is 7.70. The van der Waals surface area contributed by atoms with Crippen LogP contribution in [-0.4, -0.2) is 52.7 Å². The minimum atomic E-state index is -0.497. The third kappa shape index (κ3) is 3.53. The highest BCUT2D eigenvalue weighted by Gasteiger charge is 2.41. The van der Waals surface area contributed by atoms with Gasteiger partial charge in [0.1, 0.15) is 5.69 Å². The van der Waals surface area contributed by atoms with E-state index in [9.17, 15) is 4.79 Å². The lowest BCUT2D eigenvalue weighted by Gasteiger charge is -2.37. The van der Waals surface area contributed by atoms with Crippen molar-refractivity contribution in [1.82, 2.24) is 14.7 Å². The van der Waals surface area contributed by atoms with E-state index in [1.807, 2.05) is 72.5 Å². The maximum atomic E-state index is 13.5. The molecule has 154 valence electrons. The number of hydrogen-bond donors (Lipinski definition) is 0. The zero-order chi connectivity index (χ0) is 20.6. The molecule has 2 fully saturated rings. The van der Waals surface area contributed by atoms with Crippen molar-refractivity contribution in [2.24, 2.45) is 0 Å². The summed E-state index contributed by atoms with van der Waals surface area (Å²) in [5, 5.41) is 4.79. The van der Waals surface area contributed by atoms with Gasteiger partial charge in [0.05, 0.1) is 24.6 Å². The van der Waals surface area contributed by atoms with Crippen LogP contribution in [0.15, 0.2) is 60.7 Å². The molecular formula is C24H25N3O3. The van der Waals surface area contributed by atoms with Gasteiger partial charge in [0.15, 0.2) is 5.79 Å². The maximum absolute atomic E-state index is 13.5. The Morgan fingerprint density at radius 1 is 0.967 bits per heavy atom. The van der Waals surface area contributed by atoms with Crippen molar-refractivity contribution in [2.45, 2.75) is 25.6 Å². The van der Waals surface area contributed by atoms with E-state index in [0.717, 1.165) is 16.9 Å². The minimum Gasteiger partial charge on any atom is -0.347 e. The fraction of sp³-hybridized carbons (Fsp3) is 0.333. The summed E-state index contributed by atoms with van der Waals surface area (Å²) in [5.41, 5.74) is 4.39. The summed E-state index contributed by atoms with van der Waals surface area (Å²) < 4.78 is 13.4. The van der Waals surface area contributed by atoms with Crippen molar-refractivity contribution in [3.63, 3.8) is 0 Å². The summed E-state index contributed by atoms with van der Waals surface area (Å²) in [6.45, 7) is 4.53. The van der Waals surface area contributed by atoms with Crippen LogP contribution in [0, 0.1) is 6.92 Å². The standard InChI is InChI=1S/C24H25N3O3/c1-18-7-9-20(10-8-18)27-22(17-21(25-27)19-5-3-2-4-6-19)23(28)26-13-11-24(12-14-26)29-15-16-30-24/h2-10,17H,11-16H2,1H3. The molecule has 1 aromatic heterocycles. The lowest BCUT2D eigenvalue weighted by atomic mass is 10.0. The van der Waals surface area contributed by atoms with E-state index >= 15 is 0 Å². The number of likely N-dealkylation sites (tertiary alicyclic amines) is 1. The van der Waals surface area contributed by atoms with Crippen molar-refractivity contribution in [3.8, 4) is 16.9 Å². The molecule has 2 aliphatic heterocycles. The van der Waals surface area contributed by atoms with Crippen LogP contribution in [0.2, 0.25) is 0 Å². The lowest BCUT2D eigenvalue weighted by molar-refractivity contribution is -0.181. The number of piperidine rings is 1. The average Bonchev–Trinajstić information content (AvgIpc) is 3.43. The Morgan fingerprint density at radius 3 is 2.30 bits per heavy atom. The molecule has 0 bridgehead atoms. The minimum absolute atomic E-state index is 0.0156. The molecule has 5 rings (SSSR count). The van der Waals surface area contributed by atoms with Crippen LogP contribution in [0.3, 0.4) is 0 Å². The van der Waals surface area contributed by atoms with Crippen LogP contribution in [0.5, 0.6) is 0 Å². The van der Waals surface area contributed by atoms with Crippen molar-refractivity contribution in [3.05, 3.63) is 71.9 Å². The number of carbonyl (C=O) groups is 1. The fourth-order valence-electron chi connectivity index (χ4n) is 4.16. The SMILES string of the molecule is Cc1ccc(-n2nc(-c3ccccc3)cc2C(=O)N2CCC3(CC2)OCCO3)cc1. The van der Waals surface area contributed by atoms with Crippen molar-refractivity contribution in [2.75, 3.05) is 26.3 Å². The molecule has 1 amide bonds. The van der Waals surface area contributed by atoms with Crippen LogP contribution in [0.1, 0.15) is 28.9 Å². The molecule has 2 aromatic carbocycles. The molecule has 0 atom stereocenters. The summed E-state index contributed by atoms with van der Waals surface area (Å²) in [7, 11) is 0. The van der Waals surface area contributed by atoms with Crippen molar-refractivity contribution in [1.29, 1.82) is 0 Å². The van der Waals surface area contributed by atoms with Gasteiger partial charge in [-0.25, -0.2) is 4.68 Å². The quantitative estimate of drug-likeness (QED) is 0.667. The highest BCUT2D eigenvalue weighted by molar-refractivity contribution is 5.94. The van der Waals surface area contributed by atoms with Crippen molar-refractivity contribution < 1.29 is 14.3 Å². The van der Waals surface area contributed by atoms with E-state index < -0.39 is 5.79 Å². The Labute approximate surface area is 176 Å². The van der Waals surface area contributed by atoms with E-state index in [1.165, 1.54) is 5.56 Å². The summed E-state index contributed by atoms with van der Waals surface area (Å²) in [5.74, 6) is -0.512. The molecule has 1 spiro atoms. The molecule has 0 unspecified atom stereocenters. The molecule has 0 N–H and O–H groups in total. The van der Waals surface area contributed by atoms with Gasteiger partial charge >= 0.3 is 0 Å². The largest absolute Gasteiger partial charge is 0.347 e. The molecule has 0 saturated carbocycles. The number of ether oxygens (including phenoxy) is 2. The second-order valence-corrected chi connectivity index (χ2v) is 7.93. The Balaban J connectivity index is 1.47. The zero-order valence-electron chi connectivity index (χ0n) is 17.1. The third-order valence-corrected chi connectivity index (χ3v) is 5.90. The van der Waals surface area contributed by atoms with Gasteiger partial charge < -0.3 is 14.4 Å². The number of carbonyl (C=O) groups excluding carboxylic acids is 1. The summed E-state index contributed by atoms with van der Waals surface area (Å²) in [6, 6.07) is 19.9. The normalized spacial score (nSPS) is 18.1. The molecule has 6 heteroatoms. The third-order valence-electron chi connectivity index (χ3n) is 5.90. The van der Waals surface area contributed by atoms with Crippen LogP contribution in [0.25, 0.3) is 16.9 Å². The van der Waals surface area contributed by atoms with Gasteiger partial charge in [-0.2, -0.15) is 5.10 Å². The first kappa shape index (κ1) is 19.0. The first-order valence-corrected chi connectivity index (χ1v) is 10.4. The first-order chi connectivity index (χ1) is 14.6. The number of amides is 1. The predicted octanol–water partition coefficient (Wildman–Crippen LogP) is 3.83. The Morgan fingerprint density at radius 2 is 1.63 bits per heavy atom. The smallest absolute Gasteiger partial charge is 0.272 e. The predicted molar refractivity (Wildman–Crippen MR) is 114 cm³/mol. The highest BCUT2D eigenvalue weighted by Crippen LogP contribution is 2.32. The molecule has 3 aromatic rings. The van der Waals surface area contributed by atoms with Crippen LogP contribution in [-0.2, 0) is 9.47 Å². The van der Waals surface area contributed by atoms with E-state index in [2.05, 4.69) is 0 Å². The van der Waals surface area contributed by atoms with Crippen LogP contribution < -0.4 is 0 Å². The number of hydrogen-bond acceptors (Lipinski definition) is 4. The molecular weight excluding hydrogens is 378 g/mol.